The molecule has 0 bridgehead atoms. The van der Waals surface area contributed by atoms with Gasteiger partial charge in [0.15, 0.2) is 0 Å². The van der Waals surface area contributed by atoms with Crippen LogP contribution in [0.15, 0.2) is 66.9 Å². The molecule has 10 heteroatoms. The normalized spacial score (nSPS) is 13.8. The predicted molar refractivity (Wildman–Crippen MR) is 180 cm³/mol. The molecule has 1 saturated heterocycles. The van der Waals surface area contributed by atoms with Crippen LogP contribution in [0.1, 0.15) is 42.6 Å². The molecule has 0 spiro atoms. The predicted octanol–water partition coefficient (Wildman–Crippen LogP) is 7.26. The highest BCUT2D eigenvalue weighted by Crippen LogP contribution is 2.36. The fourth-order valence-corrected chi connectivity index (χ4v) is 5.41. The molecule has 1 amide bonds. The fourth-order valence-electron chi connectivity index (χ4n) is 5.18. The van der Waals surface area contributed by atoms with Gasteiger partial charge in [-0.15, -0.1) is 0 Å². The summed E-state index contributed by atoms with van der Waals surface area (Å²) in [5, 5.41) is 7.74. The number of likely N-dealkylation sites (N-methyl/N-ethyl adjacent to an activating group) is 1. The second kappa shape index (κ2) is 15.2. The van der Waals surface area contributed by atoms with Crippen molar-refractivity contribution >= 4 is 45.5 Å². The van der Waals surface area contributed by atoms with Crippen molar-refractivity contribution < 1.29 is 19.0 Å². The summed E-state index contributed by atoms with van der Waals surface area (Å²) in [6, 6.07) is 15.4. The van der Waals surface area contributed by atoms with Gasteiger partial charge in [0.25, 0.3) is 0 Å². The number of rotatable bonds is 12. The lowest BCUT2D eigenvalue weighted by Crippen LogP contribution is -2.15. The van der Waals surface area contributed by atoms with Gasteiger partial charge < -0.3 is 29.7 Å². The Morgan fingerprint density at radius 2 is 1.89 bits per heavy atom. The molecule has 1 fully saturated rings. The Labute approximate surface area is 269 Å². The molecule has 45 heavy (non-hydrogen) atoms. The highest BCUT2D eigenvalue weighted by atomic mass is 35.5. The molecule has 9 nitrogen and oxygen atoms in total. The molecular formula is C35H40ClN5O4. The monoisotopic (exact) mass is 629 g/mol. The van der Waals surface area contributed by atoms with E-state index in [1.54, 1.807) is 0 Å². The molecule has 0 atom stereocenters. The number of anilines is 3. The van der Waals surface area contributed by atoms with Gasteiger partial charge in [0.05, 0.1) is 22.8 Å². The first-order valence-electron chi connectivity index (χ1n) is 15.2. The minimum absolute atomic E-state index is 0.236. The summed E-state index contributed by atoms with van der Waals surface area (Å²) in [6.45, 7) is 6.90. The van der Waals surface area contributed by atoms with Gasteiger partial charge in [-0.25, -0.2) is 0 Å². The number of pyridine rings is 2. The van der Waals surface area contributed by atoms with E-state index in [1.165, 1.54) is 6.08 Å². The van der Waals surface area contributed by atoms with Crippen molar-refractivity contribution in [2.24, 2.45) is 0 Å². The number of carbonyl (C=O) groups excluding carboxylic acids is 1. The first-order valence-corrected chi connectivity index (χ1v) is 15.6. The summed E-state index contributed by atoms with van der Waals surface area (Å²) in [5.74, 6) is 1.36. The molecule has 1 aliphatic heterocycles. The zero-order valence-electron chi connectivity index (χ0n) is 26.2. The molecular weight excluding hydrogens is 590 g/mol. The van der Waals surface area contributed by atoms with E-state index in [1.807, 2.05) is 81.5 Å². The maximum Gasteiger partial charge on any atom is 0.248 e. The average molecular weight is 630 g/mol. The number of hydrogen-bond donors (Lipinski definition) is 2. The number of benzene rings is 2. The number of hydrogen-bond acceptors (Lipinski definition) is 8. The second-order valence-electron chi connectivity index (χ2n) is 11.3. The molecule has 2 aromatic carbocycles. The summed E-state index contributed by atoms with van der Waals surface area (Å²) in [4.78, 5) is 24.0. The third kappa shape index (κ3) is 8.72. The molecule has 0 radical (unpaired) electrons. The zero-order chi connectivity index (χ0) is 31.8. The summed E-state index contributed by atoms with van der Waals surface area (Å²) in [7, 11) is 3.89. The zero-order valence-corrected chi connectivity index (χ0v) is 27.0. The minimum atomic E-state index is -0.236. The third-order valence-corrected chi connectivity index (χ3v) is 7.72. The van der Waals surface area contributed by atoms with Crippen molar-refractivity contribution in [1.82, 2.24) is 14.9 Å². The van der Waals surface area contributed by atoms with E-state index in [9.17, 15) is 4.79 Å². The van der Waals surface area contributed by atoms with Crippen LogP contribution in [-0.4, -0.2) is 61.2 Å². The molecule has 5 rings (SSSR count). The van der Waals surface area contributed by atoms with E-state index in [4.69, 9.17) is 30.8 Å². The van der Waals surface area contributed by atoms with Crippen LogP contribution >= 0.6 is 11.6 Å². The lowest BCUT2D eigenvalue weighted by Gasteiger charge is -2.21. The Morgan fingerprint density at radius 1 is 1.07 bits per heavy atom. The molecule has 236 valence electrons. The van der Waals surface area contributed by atoms with Gasteiger partial charge in [-0.1, -0.05) is 23.7 Å². The van der Waals surface area contributed by atoms with Crippen molar-refractivity contribution in [3.63, 3.8) is 0 Å². The summed E-state index contributed by atoms with van der Waals surface area (Å²) in [6.07, 6.45) is 7.23. The maximum absolute atomic E-state index is 12.7. The van der Waals surface area contributed by atoms with Gasteiger partial charge in [-0.05, 0) is 77.2 Å². The van der Waals surface area contributed by atoms with E-state index in [0.29, 0.717) is 47.9 Å². The van der Waals surface area contributed by atoms with Crippen LogP contribution in [0.5, 0.6) is 11.5 Å². The highest BCUT2D eigenvalue weighted by molar-refractivity contribution is 6.32. The van der Waals surface area contributed by atoms with Gasteiger partial charge >= 0.3 is 0 Å². The smallest absolute Gasteiger partial charge is 0.248 e. The van der Waals surface area contributed by atoms with Crippen molar-refractivity contribution in [3.8, 4) is 11.5 Å². The number of nitrogens with zero attached hydrogens (tertiary/aromatic N) is 3. The van der Waals surface area contributed by atoms with E-state index < -0.39 is 0 Å². The Balaban J connectivity index is 1.31. The van der Waals surface area contributed by atoms with Gasteiger partial charge in [0, 0.05) is 77.7 Å². The van der Waals surface area contributed by atoms with Crippen LogP contribution in [0.4, 0.5) is 17.1 Å². The van der Waals surface area contributed by atoms with Gasteiger partial charge in [0.2, 0.25) is 5.91 Å². The number of fused-ring (bicyclic) bond motifs is 1. The fraction of sp³-hybridized carbons (Fsp3) is 0.343. The summed E-state index contributed by atoms with van der Waals surface area (Å²) >= 11 is 6.66. The van der Waals surface area contributed by atoms with Crippen LogP contribution in [-0.2, 0) is 16.1 Å². The highest BCUT2D eigenvalue weighted by Gasteiger charge is 2.17. The largest absolute Gasteiger partial charge is 0.492 e. The number of aryl methyl sites for hydroxylation is 1. The van der Waals surface area contributed by atoms with Crippen LogP contribution in [0.25, 0.3) is 10.9 Å². The SMILES string of the molecule is CCOc1cc2nc(C)cc(Nc3ccc(OCc4ccc(C5CCOCC5)nc4)c(Cl)c3)c2cc1NC(=O)/C=C/CN(C)C. The molecule has 1 aliphatic rings. The van der Waals surface area contributed by atoms with E-state index >= 15 is 0 Å². The second-order valence-corrected chi connectivity index (χ2v) is 11.7. The lowest BCUT2D eigenvalue weighted by atomic mass is 9.96. The quantitative estimate of drug-likeness (QED) is 0.158. The molecule has 2 N–H and O–H groups in total. The topological polar surface area (TPSA) is 97.8 Å². The van der Waals surface area contributed by atoms with Crippen molar-refractivity contribution in [1.29, 1.82) is 0 Å². The van der Waals surface area contributed by atoms with Crippen molar-refractivity contribution in [2.75, 3.05) is 51.1 Å². The molecule has 3 heterocycles. The Morgan fingerprint density at radius 3 is 2.60 bits per heavy atom. The number of carbonyl (C=O) groups is 1. The Hall–Kier alpha value is -4.18. The number of amides is 1. The molecule has 4 aromatic rings. The standard InChI is InChI=1S/C35H40ClN5O4/c1-5-44-34-20-31-27(19-32(34)40-35(42)7-6-14-41(3)4)30(17-23(2)38-31)39-26-9-11-33(28(36)18-26)45-22-24-8-10-29(37-21-24)25-12-15-43-16-13-25/h6-11,17-21,25H,5,12-16,22H2,1-4H3,(H,38,39)(H,40,42)/b7-6+. The minimum Gasteiger partial charge on any atom is -0.492 e. The molecule has 0 aliphatic carbocycles. The van der Waals surface area contributed by atoms with Crippen LogP contribution in [0.3, 0.4) is 0 Å². The van der Waals surface area contributed by atoms with Crippen LogP contribution < -0.4 is 20.1 Å². The van der Waals surface area contributed by atoms with Gasteiger partial charge in [0.1, 0.15) is 18.1 Å². The molecule has 0 unspecified atom stereocenters. The molecule has 2 aromatic heterocycles. The van der Waals surface area contributed by atoms with Crippen LogP contribution in [0.2, 0.25) is 5.02 Å². The summed E-state index contributed by atoms with van der Waals surface area (Å²) in [5.41, 5.74) is 5.82. The summed E-state index contributed by atoms with van der Waals surface area (Å²) < 4.78 is 17.4. The number of ether oxygens (including phenoxy) is 3. The Bertz CT molecular complexity index is 1650. The first kappa shape index (κ1) is 32.2. The number of aromatic nitrogens is 2. The van der Waals surface area contributed by atoms with Crippen molar-refractivity contribution in [3.05, 3.63) is 88.9 Å². The van der Waals surface area contributed by atoms with E-state index in [0.717, 1.165) is 65.3 Å². The number of halogens is 1. The first-order chi connectivity index (χ1) is 21.8. The van der Waals surface area contributed by atoms with Gasteiger partial charge in [-0.2, -0.15) is 0 Å². The van der Waals surface area contributed by atoms with Crippen LogP contribution in [0, 0.1) is 6.92 Å². The Kier molecular flexibility index (Phi) is 10.9. The third-order valence-electron chi connectivity index (χ3n) is 7.43. The van der Waals surface area contributed by atoms with Gasteiger partial charge in [-0.3, -0.25) is 14.8 Å². The lowest BCUT2D eigenvalue weighted by molar-refractivity contribution is -0.111. The van der Waals surface area contributed by atoms with E-state index in [2.05, 4.69) is 27.8 Å². The molecule has 0 saturated carbocycles. The van der Waals surface area contributed by atoms with Crippen molar-refractivity contribution in [2.45, 2.75) is 39.2 Å². The number of nitrogens with one attached hydrogen (secondary N) is 2. The maximum atomic E-state index is 12.7. The van der Waals surface area contributed by atoms with E-state index in [-0.39, 0.29) is 5.91 Å². The average Bonchev–Trinajstić information content (AvgIpc) is 3.02.